The molecule has 74 heavy (non-hydrogen) atoms. The largest absolute Gasteiger partial charge is 0.501 e. The van der Waals surface area contributed by atoms with Gasteiger partial charge in [-0.05, 0) is 122 Å². The molecule has 0 aromatic heterocycles. The standard InChI is InChI=1S/C53H67ClF3N7O6S3.ClH/c1-39-35-63(25-22-58-39)38-52(2)21-19-48(40-9-13-43(54)14-10-40)42(34-52)36-62-26-28-64(29-27-62)45-15-11-41(12-16-45)51(65)60-73(68,69)47-17-18-49(50(33-47)72(66,67)53(55,56)57)59-44(37-71-46-7-4-3-5-8-46)20-24-61-23-6-31-70-32-30-61;/h3-5,7-18,33,39,44,58-59H,6,19-32,34-38H2,1-2H3,(H,60,65);1H/t39-,44+,52+;/m0./s1. The average Bonchev–Trinajstić information content (AvgIpc) is 3.64. The van der Waals surface area contributed by atoms with Crippen molar-refractivity contribution in [1.29, 1.82) is 0 Å². The fraction of sp³-hybridized carbons (Fsp3) is 0.491. The van der Waals surface area contributed by atoms with Crippen molar-refractivity contribution in [1.82, 2.24) is 24.7 Å². The third-order valence-electron chi connectivity index (χ3n) is 14.3. The van der Waals surface area contributed by atoms with E-state index in [1.807, 2.05) is 47.2 Å². The maximum absolute atomic E-state index is 14.3. The number of nitrogens with one attached hydrogen (secondary N) is 3. The molecule has 4 aromatic carbocycles. The second-order valence-corrected chi connectivity index (χ2v) is 25.2. The highest BCUT2D eigenvalue weighted by Crippen LogP contribution is 2.44. The van der Waals surface area contributed by atoms with E-state index in [0.29, 0.717) is 55.6 Å². The van der Waals surface area contributed by atoms with Gasteiger partial charge in [0.05, 0.1) is 17.2 Å². The minimum absolute atomic E-state index is 0. The molecule has 3 aliphatic heterocycles. The van der Waals surface area contributed by atoms with Crippen LogP contribution in [0.15, 0.2) is 117 Å². The van der Waals surface area contributed by atoms with Crippen LogP contribution in [0.3, 0.4) is 0 Å². The number of carbonyl (C=O) groups is 1. The monoisotopic (exact) mass is 1120 g/mol. The third-order valence-corrected chi connectivity index (χ3v) is 18.6. The summed E-state index contributed by atoms with van der Waals surface area (Å²) in [6.07, 6.45) is 4.41. The number of amides is 1. The number of hydrogen-bond donors (Lipinski definition) is 3. The topological polar surface area (TPSA) is 144 Å². The van der Waals surface area contributed by atoms with E-state index in [-0.39, 0.29) is 23.4 Å². The molecule has 0 radical (unpaired) electrons. The maximum Gasteiger partial charge on any atom is 0.501 e. The molecule has 3 fully saturated rings. The minimum Gasteiger partial charge on any atom is -0.380 e. The lowest BCUT2D eigenvalue weighted by Gasteiger charge is -2.44. The molecule has 13 nitrogen and oxygen atoms in total. The fourth-order valence-electron chi connectivity index (χ4n) is 10.4. The Morgan fingerprint density at radius 1 is 0.892 bits per heavy atom. The van der Waals surface area contributed by atoms with Gasteiger partial charge in [0, 0.05) is 124 Å². The number of piperazine rings is 2. The van der Waals surface area contributed by atoms with Crippen molar-refractivity contribution in [3.63, 3.8) is 0 Å². The summed E-state index contributed by atoms with van der Waals surface area (Å²) in [7, 11) is -10.9. The van der Waals surface area contributed by atoms with Crippen molar-refractivity contribution < 1.29 is 39.5 Å². The van der Waals surface area contributed by atoms with E-state index < -0.39 is 52.8 Å². The zero-order chi connectivity index (χ0) is 51.8. The van der Waals surface area contributed by atoms with Crippen LogP contribution in [-0.2, 0) is 24.6 Å². The highest BCUT2D eigenvalue weighted by molar-refractivity contribution is 7.99. The molecule has 404 valence electrons. The molecule has 3 saturated heterocycles. The van der Waals surface area contributed by atoms with E-state index in [0.717, 1.165) is 114 Å². The molecule has 8 rings (SSSR count). The Kier molecular flexibility index (Phi) is 19.9. The Balaban J connectivity index is 0.00000800. The highest BCUT2D eigenvalue weighted by atomic mass is 35.5. The number of ether oxygens (including phenoxy) is 1. The quantitative estimate of drug-likeness (QED) is 0.0818. The summed E-state index contributed by atoms with van der Waals surface area (Å²) >= 11 is 7.76. The van der Waals surface area contributed by atoms with Crippen molar-refractivity contribution in [2.75, 3.05) is 108 Å². The van der Waals surface area contributed by atoms with E-state index >= 15 is 0 Å². The number of sulfonamides is 1. The van der Waals surface area contributed by atoms with Gasteiger partial charge in [0.25, 0.3) is 25.8 Å². The first-order chi connectivity index (χ1) is 34.8. The van der Waals surface area contributed by atoms with Crippen LogP contribution in [0.1, 0.15) is 61.9 Å². The molecule has 1 aliphatic carbocycles. The van der Waals surface area contributed by atoms with Gasteiger partial charge in [-0.2, -0.15) is 13.2 Å². The molecule has 0 spiro atoms. The summed E-state index contributed by atoms with van der Waals surface area (Å²) in [6.45, 7) is 16.0. The Labute approximate surface area is 450 Å². The van der Waals surface area contributed by atoms with Gasteiger partial charge in [-0.3, -0.25) is 14.6 Å². The second-order valence-electron chi connectivity index (χ2n) is 20.1. The average molecular weight is 1120 g/mol. The van der Waals surface area contributed by atoms with Gasteiger partial charge in [-0.15, -0.1) is 24.2 Å². The summed E-state index contributed by atoms with van der Waals surface area (Å²) in [6, 6.07) is 26.5. The molecule has 3 heterocycles. The van der Waals surface area contributed by atoms with Crippen LogP contribution in [0.4, 0.5) is 24.5 Å². The SMILES string of the molecule is C[C@H]1CN(C[C@]2(C)CCC(c3ccc(Cl)cc3)=C(CN3CCN(c4ccc(C(=O)NS(=O)(=O)c5ccc(N[C@H](CCN6CCCOCC6)CSc6ccccc6)c(S(=O)(=O)C(F)(F)F)c5)cc4)CC3)C2)CCN1.Cl. The molecule has 0 unspecified atom stereocenters. The summed E-state index contributed by atoms with van der Waals surface area (Å²) in [5.74, 6) is -0.654. The van der Waals surface area contributed by atoms with Gasteiger partial charge < -0.3 is 25.2 Å². The molecule has 3 N–H and O–H groups in total. The van der Waals surface area contributed by atoms with Gasteiger partial charge in [0.15, 0.2) is 0 Å². The first kappa shape index (κ1) is 57.8. The highest BCUT2D eigenvalue weighted by Gasteiger charge is 2.48. The molecule has 1 amide bonds. The van der Waals surface area contributed by atoms with Crippen LogP contribution >= 0.6 is 35.8 Å². The molecule has 4 aliphatic rings. The lowest BCUT2D eigenvalue weighted by atomic mass is 9.71. The van der Waals surface area contributed by atoms with Gasteiger partial charge in [0.2, 0.25) is 0 Å². The smallest absolute Gasteiger partial charge is 0.380 e. The molecule has 21 heteroatoms. The molecule has 0 bridgehead atoms. The Bertz CT molecular complexity index is 2770. The third kappa shape index (κ3) is 15.2. The number of hydrogen-bond acceptors (Lipinski definition) is 13. The summed E-state index contributed by atoms with van der Waals surface area (Å²) in [5.41, 5.74) is -1.04. The summed E-state index contributed by atoms with van der Waals surface area (Å²) in [4.78, 5) is 21.8. The van der Waals surface area contributed by atoms with Crippen LogP contribution in [-0.4, -0.2) is 153 Å². The predicted octanol–water partition coefficient (Wildman–Crippen LogP) is 8.92. The van der Waals surface area contributed by atoms with Crippen molar-refractivity contribution in [2.24, 2.45) is 5.41 Å². The number of thioether (sulfide) groups is 1. The fourth-order valence-corrected chi connectivity index (χ4v) is 13.6. The number of sulfone groups is 1. The predicted molar refractivity (Wildman–Crippen MR) is 292 cm³/mol. The van der Waals surface area contributed by atoms with E-state index in [1.165, 1.54) is 40.6 Å². The number of nitrogens with zero attached hydrogens (tertiary/aromatic N) is 4. The number of halogens is 5. The van der Waals surface area contributed by atoms with Gasteiger partial charge in [-0.25, -0.2) is 21.6 Å². The van der Waals surface area contributed by atoms with E-state index in [9.17, 15) is 34.8 Å². The Morgan fingerprint density at radius 2 is 1.62 bits per heavy atom. The number of alkyl halides is 3. The molecular weight excluding hydrogens is 1050 g/mol. The van der Waals surface area contributed by atoms with Crippen molar-refractivity contribution >= 4 is 78.5 Å². The van der Waals surface area contributed by atoms with Crippen LogP contribution in [0.25, 0.3) is 5.57 Å². The molecule has 0 saturated carbocycles. The number of carbonyl (C=O) groups excluding carboxylic acids is 1. The molecule has 4 aromatic rings. The maximum atomic E-state index is 14.3. The van der Waals surface area contributed by atoms with Gasteiger partial charge >= 0.3 is 5.51 Å². The number of rotatable bonds is 18. The Morgan fingerprint density at radius 3 is 2.32 bits per heavy atom. The zero-order valence-electron chi connectivity index (χ0n) is 41.9. The molecular formula is C53H68Cl2F3N7O6S3. The number of anilines is 2. The molecule has 3 atom stereocenters. The van der Waals surface area contributed by atoms with Crippen LogP contribution in [0.2, 0.25) is 5.02 Å². The number of benzene rings is 4. The van der Waals surface area contributed by atoms with E-state index in [2.05, 4.69) is 56.2 Å². The van der Waals surface area contributed by atoms with Crippen LogP contribution in [0, 0.1) is 5.41 Å². The van der Waals surface area contributed by atoms with Gasteiger partial charge in [-0.1, -0.05) is 54.4 Å². The van der Waals surface area contributed by atoms with E-state index in [1.54, 1.807) is 12.1 Å². The van der Waals surface area contributed by atoms with Crippen molar-refractivity contribution in [3.8, 4) is 0 Å². The van der Waals surface area contributed by atoms with Crippen molar-refractivity contribution in [2.45, 2.75) is 78.2 Å². The first-order valence-electron chi connectivity index (χ1n) is 25.1. The first-order valence-corrected chi connectivity index (χ1v) is 29.4. The Hall–Kier alpha value is -3.89. The van der Waals surface area contributed by atoms with Gasteiger partial charge in [0.1, 0.15) is 4.90 Å². The summed E-state index contributed by atoms with van der Waals surface area (Å²) < 4.78 is 104. The van der Waals surface area contributed by atoms with Crippen molar-refractivity contribution in [3.05, 3.63) is 119 Å². The normalized spacial score (nSPS) is 21.4. The zero-order valence-corrected chi connectivity index (χ0v) is 45.9. The lowest BCUT2D eigenvalue weighted by molar-refractivity contribution is -0.0435. The summed E-state index contributed by atoms with van der Waals surface area (Å²) in [5, 5.41) is 7.30. The van der Waals surface area contributed by atoms with E-state index in [4.69, 9.17) is 16.3 Å². The van der Waals surface area contributed by atoms with Crippen LogP contribution < -0.4 is 20.3 Å². The number of allylic oxidation sites excluding steroid dienone is 1. The lowest BCUT2D eigenvalue weighted by Crippen LogP contribution is -2.52. The van der Waals surface area contributed by atoms with Crippen LogP contribution in [0.5, 0.6) is 0 Å². The second kappa shape index (κ2) is 25.5. The minimum atomic E-state index is -6.07.